The van der Waals surface area contributed by atoms with Crippen molar-refractivity contribution in [3.63, 3.8) is 0 Å². The number of aromatic nitrogens is 4. The summed E-state index contributed by atoms with van der Waals surface area (Å²) in [5, 5.41) is 4.60. The van der Waals surface area contributed by atoms with Gasteiger partial charge >= 0.3 is 0 Å². The quantitative estimate of drug-likeness (QED) is 0.408. The van der Waals surface area contributed by atoms with Crippen molar-refractivity contribution < 1.29 is 4.39 Å². The van der Waals surface area contributed by atoms with Crippen molar-refractivity contribution in [1.29, 1.82) is 0 Å². The molecule has 0 amide bonds. The highest BCUT2D eigenvalue weighted by Gasteiger charge is 2.20. The molecule has 0 aliphatic rings. The van der Waals surface area contributed by atoms with Gasteiger partial charge in [-0.2, -0.15) is 0 Å². The highest BCUT2D eigenvalue weighted by Crippen LogP contribution is 2.27. The van der Waals surface area contributed by atoms with Gasteiger partial charge in [0.15, 0.2) is 5.82 Å². The number of rotatable bonds is 4. The number of nitrogens with one attached hydrogen (secondary N) is 2. The number of nitrogens with zero attached hydrogens (tertiary/aromatic N) is 3. The molecule has 2 N–H and O–H groups in total. The van der Waals surface area contributed by atoms with E-state index in [9.17, 15) is 14.0 Å². The molecule has 1 unspecified atom stereocenters. The van der Waals surface area contributed by atoms with E-state index in [2.05, 4.69) is 20.3 Å². The molecule has 7 nitrogen and oxygen atoms in total. The van der Waals surface area contributed by atoms with Crippen LogP contribution in [0.3, 0.4) is 0 Å². The lowest BCUT2D eigenvalue weighted by Crippen LogP contribution is -2.26. The fourth-order valence-electron chi connectivity index (χ4n) is 3.92. The molecule has 33 heavy (non-hydrogen) atoms. The van der Waals surface area contributed by atoms with Crippen molar-refractivity contribution in [3.8, 4) is 5.69 Å². The van der Waals surface area contributed by atoms with Crippen molar-refractivity contribution in [3.05, 3.63) is 104 Å². The van der Waals surface area contributed by atoms with E-state index in [1.54, 1.807) is 16.7 Å². The third-order valence-corrected chi connectivity index (χ3v) is 5.78. The molecule has 0 fully saturated rings. The number of halogens is 2. The Hall–Kier alpha value is -4.04. The molecule has 0 saturated heterocycles. The molecule has 9 heteroatoms. The first kappa shape index (κ1) is 20.8. The predicted octanol–water partition coefficient (Wildman–Crippen LogP) is 4.59. The first-order chi connectivity index (χ1) is 16.0. The second-order valence-electron chi connectivity index (χ2n) is 7.53. The Morgan fingerprint density at radius 1 is 1.06 bits per heavy atom. The van der Waals surface area contributed by atoms with Gasteiger partial charge in [0.25, 0.3) is 5.56 Å². The lowest BCUT2D eigenvalue weighted by atomic mass is 10.1. The maximum Gasteiger partial charge on any atom is 0.264 e. The fraction of sp³-hybridized carbons (Fsp3) is 0.0833. The summed E-state index contributed by atoms with van der Waals surface area (Å²) < 4.78 is 15.5. The van der Waals surface area contributed by atoms with Crippen LogP contribution in [-0.4, -0.2) is 19.5 Å². The Kier molecular flexibility index (Phi) is 5.14. The van der Waals surface area contributed by atoms with Gasteiger partial charge in [0.05, 0.1) is 16.5 Å². The molecule has 0 radical (unpaired) electrons. The van der Waals surface area contributed by atoms with E-state index < -0.39 is 17.3 Å². The highest BCUT2D eigenvalue weighted by molar-refractivity contribution is 6.35. The van der Waals surface area contributed by atoms with Gasteiger partial charge in [0.1, 0.15) is 23.2 Å². The Labute approximate surface area is 191 Å². The summed E-state index contributed by atoms with van der Waals surface area (Å²) in [6, 6.07) is 15.8. The molecular weight excluding hydrogens is 445 g/mol. The topological polar surface area (TPSA) is 92.7 Å². The number of aromatic amines is 1. The average Bonchev–Trinajstić information content (AvgIpc) is 2.82. The predicted molar refractivity (Wildman–Crippen MR) is 127 cm³/mol. The number of anilines is 1. The van der Waals surface area contributed by atoms with E-state index >= 15 is 0 Å². The zero-order chi connectivity index (χ0) is 23.1. The van der Waals surface area contributed by atoms with Gasteiger partial charge in [0.2, 0.25) is 5.43 Å². The van der Waals surface area contributed by atoms with Crippen molar-refractivity contribution in [2.24, 2.45) is 0 Å². The molecule has 0 spiro atoms. The molecular formula is C24H17ClFN5O2. The number of benzene rings is 2. The molecule has 0 saturated carbocycles. The first-order valence-electron chi connectivity index (χ1n) is 10.1. The molecule has 3 aromatic heterocycles. The van der Waals surface area contributed by atoms with Gasteiger partial charge in [0, 0.05) is 17.6 Å². The molecule has 0 bridgehead atoms. The minimum absolute atomic E-state index is 0.00166. The van der Waals surface area contributed by atoms with Crippen LogP contribution in [0.15, 0.2) is 76.7 Å². The molecule has 1 atom stereocenters. The minimum atomic E-state index is -0.936. The van der Waals surface area contributed by atoms with Crippen LogP contribution in [0.2, 0.25) is 5.02 Å². The zero-order valence-corrected chi connectivity index (χ0v) is 18.1. The van der Waals surface area contributed by atoms with E-state index in [4.69, 9.17) is 11.6 Å². The van der Waals surface area contributed by atoms with Gasteiger partial charge in [-0.1, -0.05) is 41.9 Å². The van der Waals surface area contributed by atoms with Crippen LogP contribution in [0.1, 0.15) is 18.7 Å². The van der Waals surface area contributed by atoms with Gasteiger partial charge < -0.3 is 10.3 Å². The normalized spacial score (nSPS) is 12.2. The maximum absolute atomic E-state index is 14.0. The summed E-state index contributed by atoms with van der Waals surface area (Å²) in [6.07, 6.45) is 2.24. The maximum atomic E-state index is 14.0. The van der Waals surface area contributed by atoms with Crippen LogP contribution in [0.25, 0.3) is 27.5 Å². The van der Waals surface area contributed by atoms with Gasteiger partial charge in [-0.3, -0.25) is 14.2 Å². The minimum Gasteiger partial charge on any atom is -0.361 e. The largest absolute Gasteiger partial charge is 0.361 e. The number of hydrogen-bond donors (Lipinski definition) is 2. The van der Waals surface area contributed by atoms with E-state index in [1.165, 1.54) is 6.33 Å². The summed E-state index contributed by atoms with van der Waals surface area (Å²) in [7, 11) is 0. The van der Waals surface area contributed by atoms with E-state index in [1.807, 2.05) is 49.4 Å². The van der Waals surface area contributed by atoms with Crippen LogP contribution in [-0.2, 0) is 0 Å². The van der Waals surface area contributed by atoms with Crippen LogP contribution in [0, 0.1) is 5.82 Å². The van der Waals surface area contributed by atoms with Crippen molar-refractivity contribution in [2.45, 2.75) is 13.0 Å². The van der Waals surface area contributed by atoms with Crippen LogP contribution in [0.5, 0.6) is 0 Å². The second-order valence-corrected chi connectivity index (χ2v) is 7.93. The second kappa shape index (κ2) is 8.14. The Morgan fingerprint density at radius 3 is 2.64 bits per heavy atom. The number of fused-ring (bicyclic) bond motifs is 2. The smallest absolute Gasteiger partial charge is 0.264 e. The van der Waals surface area contributed by atoms with Gasteiger partial charge in [-0.05, 0) is 36.6 Å². The molecule has 0 aliphatic heterocycles. The lowest BCUT2D eigenvalue weighted by Gasteiger charge is -2.22. The summed E-state index contributed by atoms with van der Waals surface area (Å²) in [5.41, 5.74) is 0.385. The zero-order valence-electron chi connectivity index (χ0n) is 17.3. The van der Waals surface area contributed by atoms with E-state index in [0.717, 1.165) is 6.20 Å². The number of para-hydroxylation sites is 1. The fourth-order valence-corrected chi connectivity index (χ4v) is 4.18. The molecule has 3 heterocycles. The average molecular weight is 462 g/mol. The Balaban J connectivity index is 1.72. The summed E-state index contributed by atoms with van der Waals surface area (Å²) in [4.78, 5) is 36.8. The van der Waals surface area contributed by atoms with Crippen LogP contribution in [0.4, 0.5) is 10.2 Å². The van der Waals surface area contributed by atoms with E-state index in [0.29, 0.717) is 27.2 Å². The number of H-pyrrole nitrogens is 1. The standard InChI is InChI=1S/C24H17ClFN5O2/c1-13(30-23-20-21(32)17(26)11-27-22(20)28-12-29-23)18-10-14-6-5-9-16(25)19(14)24(33)31(18)15-7-3-2-4-8-15/h2-13H,1H3,(H2,27,28,29,30,32). The third-order valence-electron chi connectivity index (χ3n) is 5.46. The summed E-state index contributed by atoms with van der Waals surface area (Å²) >= 11 is 6.36. The van der Waals surface area contributed by atoms with E-state index in [-0.39, 0.29) is 22.4 Å². The lowest BCUT2D eigenvalue weighted by molar-refractivity contribution is 0.614. The molecule has 5 aromatic rings. The Morgan fingerprint density at radius 2 is 1.85 bits per heavy atom. The number of pyridine rings is 2. The third kappa shape index (κ3) is 3.54. The molecule has 0 aliphatic carbocycles. The summed E-state index contributed by atoms with van der Waals surface area (Å²) in [5.74, 6) is -0.777. The first-order valence-corrected chi connectivity index (χ1v) is 10.5. The van der Waals surface area contributed by atoms with Crippen molar-refractivity contribution in [2.75, 3.05) is 5.32 Å². The van der Waals surface area contributed by atoms with Crippen LogP contribution >= 0.6 is 11.6 Å². The SMILES string of the molecule is CC(Nc1ncnc2[nH]cc(F)c(=O)c12)c1cc2cccc(Cl)c2c(=O)n1-c1ccccc1. The van der Waals surface area contributed by atoms with Crippen molar-refractivity contribution in [1.82, 2.24) is 19.5 Å². The van der Waals surface area contributed by atoms with Crippen molar-refractivity contribution >= 4 is 39.2 Å². The summed E-state index contributed by atoms with van der Waals surface area (Å²) in [6.45, 7) is 1.83. The Bertz CT molecular complexity index is 1630. The van der Waals surface area contributed by atoms with Crippen LogP contribution < -0.4 is 16.3 Å². The highest BCUT2D eigenvalue weighted by atomic mass is 35.5. The number of hydrogen-bond acceptors (Lipinski definition) is 5. The van der Waals surface area contributed by atoms with Gasteiger partial charge in [-0.25, -0.2) is 14.4 Å². The van der Waals surface area contributed by atoms with Gasteiger partial charge in [-0.15, -0.1) is 0 Å². The molecule has 5 rings (SSSR count). The molecule has 2 aromatic carbocycles. The monoisotopic (exact) mass is 461 g/mol. The molecule has 164 valence electrons.